The molecule has 0 aliphatic carbocycles. The number of aliphatic hydroxyl groups is 1. The summed E-state index contributed by atoms with van der Waals surface area (Å²) in [4.78, 5) is 21.5. The van der Waals surface area contributed by atoms with E-state index in [9.17, 15) is 9.90 Å². The van der Waals surface area contributed by atoms with Crippen LogP contribution in [0, 0.1) is 0 Å². The van der Waals surface area contributed by atoms with Gasteiger partial charge in [0.05, 0.1) is 24.6 Å². The predicted octanol–water partition coefficient (Wildman–Crippen LogP) is 3.27. The van der Waals surface area contributed by atoms with Gasteiger partial charge in [0.2, 0.25) is 5.88 Å². The third-order valence-electron chi connectivity index (χ3n) is 4.55. The number of aliphatic hydroxyl groups excluding tert-OH is 1. The van der Waals surface area contributed by atoms with E-state index in [1.165, 1.54) is 12.3 Å². The van der Waals surface area contributed by atoms with Gasteiger partial charge in [-0.3, -0.25) is 4.79 Å². The second-order valence-electron chi connectivity index (χ2n) is 6.50. The molecule has 0 bridgehead atoms. The maximum absolute atomic E-state index is 12.8. The number of amides is 1. The normalized spacial score (nSPS) is 13.3. The number of rotatable bonds is 5. The molecule has 2 N–H and O–H groups in total. The van der Waals surface area contributed by atoms with Crippen LogP contribution in [0.1, 0.15) is 21.6 Å². The summed E-state index contributed by atoms with van der Waals surface area (Å²) in [6.07, 6.45) is 5.26. The van der Waals surface area contributed by atoms with Crippen LogP contribution in [0.4, 0.5) is 0 Å². The van der Waals surface area contributed by atoms with Crippen LogP contribution >= 0.6 is 0 Å². The first-order chi connectivity index (χ1) is 14.1. The second kappa shape index (κ2) is 8.02. The van der Waals surface area contributed by atoms with E-state index in [0.29, 0.717) is 18.0 Å². The number of para-hydroxylation sites is 1. The van der Waals surface area contributed by atoms with E-state index >= 15 is 0 Å². The largest absolute Gasteiger partial charge is 0.507 e. The number of nitrogens with one attached hydrogen (secondary N) is 1. The molecule has 7 heteroatoms. The lowest BCUT2D eigenvalue weighted by Crippen LogP contribution is -2.26. The molecule has 1 amide bonds. The molecule has 3 heterocycles. The fourth-order valence-electron chi connectivity index (χ4n) is 3.08. The first kappa shape index (κ1) is 18.5. The van der Waals surface area contributed by atoms with Crippen LogP contribution in [0.3, 0.4) is 0 Å². The molecule has 0 atom stereocenters. The Balaban J connectivity index is 1.68. The maximum atomic E-state index is 12.8. The van der Waals surface area contributed by atoms with Gasteiger partial charge in [0.15, 0.2) is 5.76 Å². The van der Waals surface area contributed by atoms with Gasteiger partial charge in [0.1, 0.15) is 12.3 Å². The van der Waals surface area contributed by atoms with E-state index < -0.39 is 5.91 Å². The van der Waals surface area contributed by atoms with Crippen molar-refractivity contribution < 1.29 is 19.4 Å². The Morgan fingerprint density at radius 1 is 1.28 bits per heavy atom. The highest BCUT2D eigenvalue weighted by molar-refractivity contribution is 5.97. The lowest BCUT2D eigenvalue weighted by molar-refractivity contribution is 0.0957. The van der Waals surface area contributed by atoms with Crippen molar-refractivity contribution in [3.63, 3.8) is 0 Å². The van der Waals surface area contributed by atoms with Crippen LogP contribution in [0.5, 0.6) is 5.88 Å². The maximum Gasteiger partial charge on any atom is 0.274 e. The molecule has 29 heavy (non-hydrogen) atoms. The number of methoxy groups -OCH3 is 1. The molecule has 1 aromatic carbocycles. The minimum atomic E-state index is -0.405. The summed E-state index contributed by atoms with van der Waals surface area (Å²) in [7, 11) is 1.57. The van der Waals surface area contributed by atoms with Crippen LogP contribution < -0.4 is 10.1 Å². The number of hydrogen-bond donors (Lipinski definition) is 2. The van der Waals surface area contributed by atoms with Gasteiger partial charge in [-0.05, 0) is 35.8 Å². The number of ether oxygens (including phenoxy) is 2. The number of nitrogens with zero attached hydrogens (tertiary/aromatic N) is 2. The fraction of sp³-hybridized carbons (Fsp3) is 0.136. The van der Waals surface area contributed by atoms with E-state index in [-0.39, 0.29) is 18.1 Å². The summed E-state index contributed by atoms with van der Waals surface area (Å²) in [5.74, 6) is 0.107. The highest BCUT2D eigenvalue weighted by atomic mass is 16.5. The van der Waals surface area contributed by atoms with Crippen LogP contribution in [-0.2, 0) is 11.2 Å². The zero-order chi connectivity index (χ0) is 20.2. The molecule has 0 saturated heterocycles. The van der Waals surface area contributed by atoms with E-state index in [1.54, 1.807) is 25.4 Å². The molecule has 0 saturated carbocycles. The quantitative estimate of drug-likeness (QED) is 0.696. The van der Waals surface area contributed by atoms with Gasteiger partial charge in [-0.1, -0.05) is 24.3 Å². The molecular formula is C22H19N3O4. The zero-order valence-electron chi connectivity index (χ0n) is 15.8. The van der Waals surface area contributed by atoms with Crippen molar-refractivity contribution in [3.8, 4) is 5.88 Å². The summed E-state index contributed by atoms with van der Waals surface area (Å²) in [6.45, 7) is 0.0208. The van der Waals surface area contributed by atoms with Crippen molar-refractivity contribution in [3.05, 3.63) is 89.3 Å². The number of carbonyl (C=O) groups excluding carboxylic acids is 1. The number of carbonyl (C=O) groups is 1. The van der Waals surface area contributed by atoms with Gasteiger partial charge in [-0.2, -0.15) is 0 Å². The molecule has 1 aliphatic rings. The van der Waals surface area contributed by atoms with E-state index in [0.717, 1.165) is 22.0 Å². The number of allylic oxidation sites excluding steroid dienone is 1. The second-order valence-corrected chi connectivity index (χ2v) is 6.50. The molecule has 2 aromatic heterocycles. The Bertz CT molecular complexity index is 1120. The molecular weight excluding hydrogens is 370 g/mol. The van der Waals surface area contributed by atoms with Crippen LogP contribution in [0.25, 0.3) is 10.9 Å². The molecule has 1 aliphatic heterocycles. The van der Waals surface area contributed by atoms with Crippen molar-refractivity contribution >= 4 is 16.8 Å². The average molecular weight is 389 g/mol. The minimum absolute atomic E-state index is 0.0208. The molecule has 0 fully saturated rings. The van der Waals surface area contributed by atoms with Gasteiger partial charge < -0.3 is 19.9 Å². The molecule has 0 spiro atoms. The van der Waals surface area contributed by atoms with Crippen molar-refractivity contribution in [2.75, 3.05) is 13.7 Å². The fourth-order valence-corrected chi connectivity index (χ4v) is 3.08. The first-order valence-electron chi connectivity index (χ1n) is 9.03. The Kier molecular flexibility index (Phi) is 5.11. The highest BCUT2D eigenvalue weighted by Gasteiger charge is 2.16. The van der Waals surface area contributed by atoms with Gasteiger partial charge in [0, 0.05) is 17.6 Å². The predicted molar refractivity (Wildman–Crippen MR) is 108 cm³/mol. The molecule has 146 valence electrons. The lowest BCUT2D eigenvalue weighted by atomic mass is 10.0. The Hall–Kier alpha value is -3.87. The number of aromatic nitrogens is 2. The SMILES string of the molecule is COc1ccc(Cc2cc(C(=O)NC3=C(O)COC=C3)nc3ccccc23)cn1. The standard InChI is InChI=1S/C22H19N3O4/c1-28-21-7-6-14(12-23-21)10-15-11-19(24-17-5-3-2-4-16(15)17)22(27)25-18-8-9-29-13-20(18)26/h2-9,11-12,26H,10,13H2,1H3,(H,25,27). The number of benzene rings is 1. The minimum Gasteiger partial charge on any atom is -0.507 e. The van der Waals surface area contributed by atoms with Crippen LogP contribution in [0.2, 0.25) is 0 Å². The monoisotopic (exact) mass is 389 g/mol. The molecule has 4 rings (SSSR count). The topological polar surface area (TPSA) is 93.6 Å². The van der Waals surface area contributed by atoms with Crippen LogP contribution in [0.15, 0.2) is 72.5 Å². The number of pyridine rings is 2. The van der Waals surface area contributed by atoms with E-state index in [2.05, 4.69) is 15.3 Å². The average Bonchev–Trinajstić information content (AvgIpc) is 2.76. The van der Waals surface area contributed by atoms with E-state index in [4.69, 9.17) is 9.47 Å². The summed E-state index contributed by atoms with van der Waals surface area (Å²) in [5, 5.41) is 13.5. The van der Waals surface area contributed by atoms with Crippen molar-refractivity contribution in [2.45, 2.75) is 6.42 Å². The van der Waals surface area contributed by atoms with Crippen molar-refractivity contribution in [2.24, 2.45) is 0 Å². The zero-order valence-corrected chi connectivity index (χ0v) is 15.8. The lowest BCUT2D eigenvalue weighted by Gasteiger charge is -2.14. The van der Waals surface area contributed by atoms with E-state index in [1.807, 2.05) is 30.3 Å². The smallest absolute Gasteiger partial charge is 0.274 e. The van der Waals surface area contributed by atoms with Gasteiger partial charge in [-0.15, -0.1) is 0 Å². The first-order valence-corrected chi connectivity index (χ1v) is 9.03. The Labute approximate surface area is 167 Å². The third kappa shape index (κ3) is 4.03. The highest BCUT2D eigenvalue weighted by Crippen LogP contribution is 2.22. The molecule has 0 radical (unpaired) electrons. The number of fused-ring (bicyclic) bond motifs is 1. The molecule has 3 aromatic rings. The van der Waals surface area contributed by atoms with Gasteiger partial charge in [0.25, 0.3) is 5.91 Å². The molecule has 7 nitrogen and oxygen atoms in total. The van der Waals surface area contributed by atoms with Gasteiger partial charge in [-0.25, -0.2) is 9.97 Å². The van der Waals surface area contributed by atoms with Crippen molar-refractivity contribution in [1.82, 2.24) is 15.3 Å². The Morgan fingerprint density at radius 3 is 2.90 bits per heavy atom. The van der Waals surface area contributed by atoms with Crippen LogP contribution in [-0.4, -0.2) is 34.7 Å². The Morgan fingerprint density at radius 2 is 2.14 bits per heavy atom. The summed E-state index contributed by atoms with van der Waals surface area (Å²) < 4.78 is 10.1. The van der Waals surface area contributed by atoms with Gasteiger partial charge >= 0.3 is 0 Å². The molecule has 0 unspecified atom stereocenters. The number of hydrogen-bond acceptors (Lipinski definition) is 6. The summed E-state index contributed by atoms with van der Waals surface area (Å²) in [5.41, 5.74) is 3.23. The van der Waals surface area contributed by atoms with Crippen molar-refractivity contribution in [1.29, 1.82) is 0 Å². The third-order valence-corrected chi connectivity index (χ3v) is 4.55. The summed E-state index contributed by atoms with van der Waals surface area (Å²) in [6, 6.07) is 13.2. The summed E-state index contributed by atoms with van der Waals surface area (Å²) >= 11 is 0.